The summed E-state index contributed by atoms with van der Waals surface area (Å²) in [5.41, 5.74) is 9.24. The number of carbonyl (C=O) groups is 2. The third-order valence-electron chi connectivity index (χ3n) is 7.61. The number of nitrogens with one attached hydrogen (secondary N) is 1. The van der Waals surface area contributed by atoms with Gasteiger partial charge in [0.15, 0.2) is 5.96 Å². The number of aliphatic imine (C=N–C) groups is 1. The third kappa shape index (κ3) is 4.45. The van der Waals surface area contributed by atoms with Crippen LogP contribution in [0.25, 0.3) is 6.08 Å². The van der Waals surface area contributed by atoms with Gasteiger partial charge >= 0.3 is 0 Å². The minimum atomic E-state index is -0.419. The highest BCUT2D eigenvalue weighted by molar-refractivity contribution is 5.99. The molecule has 0 aromatic heterocycles. The van der Waals surface area contributed by atoms with E-state index < -0.39 is 5.60 Å². The number of hydrogen-bond donors (Lipinski definition) is 2. The Labute approximate surface area is 216 Å². The second kappa shape index (κ2) is 8.94. The molecule has 2 aromatic carbocycles. The van der Waals surface area contributed by atoms with Crippen molar-refractivity contribution in [3.63, 3.8) is 0 Å². The minimum absolute atomic E-state index is 0.0417. The zero-order chi connectivity index (χ0) is 25.7. The molecule has 3 atom stereocenters. The molecular formula is C29H32N4O4. The van der Waals surface area contributed by atoms with Crippen LogP contribution in [-0.4, -0.2) is 40.9 Å². The van der Waals surface area contributed by atoms with Crippen molar-refractivity contribution in [2.45, 2.75) is 69.7 Å². The van der Waals surface area contributed by atoms with E-state index in [1.807, 2.05) is 38.1 Å². The lowest BCUT2D eigenvalue weighted by atomic mass is 9.88. The van der Waals surface area contributed by atoms with Crippen molar-refractivity contribution in [3.05, 3.63) is 64.7 Å². The minimum Gasteiger partial charge on any atom is -0.493 e. The molecule has 6 bridgehead atoms. The van der Waals surface area contributed by atoms with Gasteiger partial charge in [-0.2, -0.15) is 0 Å². The molecule has 8 nitrogen and oxygen atoms in total. The molecule has 0 saturated heterocycles. The van der Waals surface area contributed by atoms with Crippen LogP contribution >= 0.6 is 0 Å². The fraction of sp³-hybridized carbons (Fsp3) is 0.414. The summed E-state index contributed by atoms with van der Waals surface area (Å²) in [7, 11) is 0. The Morgan fingerprint density at radius 3 is 2.76 bits per heavy atom. The van der Waals surface area contributed by atoms with Crippen molar-refractivity contribution in [1.29, 1.82) is 0 Å². The molecule has 192 valence electrons. The number of nitrogens with two attached hydrogens (primary N) is 1. The summed E-state index contributed by atoms with van der Waals surface area (Å²) in [6, 6.07) is 10.8. The van der Waals surface area contributed by atoms with Gasteiger partial charge in [-0.15, -0.1) is 0 Å². The largest absolute Gasteiger partial charge is 0.493 e. The van der Waals surface area contributed by atoms with Gasteiger partial charge in [0.2, 0.25) is 5.91 Å². The van der Waals surface area contributed by atoms with Crippen molar-refractivity contribution in [3.8, 4) is 11.5 Å². The van der Waals surface area contributed by atoms with Crippen molar-refractivity contribution >= 4 is 23.8 Å². The number of allylic oxidation sites excluding steroid dienone is 1. The highest BCUT2D eigenvalue weighted by atomic mass is 16.5. The molecule has 0 fully saturated rings. The normalized spacial score (nSPS) is 27.1. The fourth-order valence-electron chi connectivity index (χ4n) is 5.86. The maximum atomic E-state index is 13.6. The number of rotatable bonds is 0. The molecule has 3 N–H and O–H groups in total. The van der Waals surface area contributed by atoms with Crippen molar-refractivity contribution < 1.29 is 19.1 Å². The van der Waals surface area contributed by atoms with Crippen LogP contribution in [0.1, 0.15) is 85.1 Å². The Morgan fingerprint density at radius 2 is 1.92 bits per heavy atom. The van der Waals surface area contributed by atoms with Crippen molar-refractivity contribution in [1.82, 2.24) is 10.2 Å². The second-order valence-corrected chi connectivity index (χ2v) is 10.9. The zero-order valence-corrected chi connectivity index (χ0v) is 21.2. The molecular weight excluding hydrogens is 468 g/mol. The number of benzene rings is 2. The number of hydrogen-bond acceptors (Lipinski definition) is 6. The van der Waals surface area contributed by atoms with Crippen molar-refractivity contribution in [2.75, 3.05) is 6.61 Å². The molecule has 2 unspecified atom stereocenters. The lowest BCUT2D eigenvalue weighted by Crippen LogP contribution is -2.50. The molecule has 2 amide bonds. The van der Waals surface area contributed by atoms with E-state index in [1.54, 1.807) is 11.0 Å². The highest BCUT2D eigenvalue weighted by Gasteiger charge is 2.38. The topological polar surface area (TPSA) is 106 Å². The van der Waals surface area contributed by atoms with E-state index in [-0.39, 0.29) is 35.9 Å². The van der Waals surface area contributed by atoms with Gasteiger partial charge in [-0.1, -0.05) is 18.2 Å². The Hall–Kier alpha value is -3.81. The van der Waals surface area contributed by atoms with Gasteiger partial charge in [0.25, 0.3) is 5.91 Å². The Morgan fingerprint density at radius 1 is 1.08 bits per heavy atom. The molecule has 5 heterocycles. The number of carbonyl (C=O) groups excluding carboxylic acids is 2. The standard InChI is InChI=1S/C29H32N4O4/c1-29(2)16-22-20-13-17(7-9-25(20)37-29)5-3-4-6-19-15-26(34)33(28(30)31-19)23-11-12-36-24-10-8-18(14-21(23)24)27(35)32-22/h3,5,7-10,13-14,19,22-23H,4,6,11-12,15-16H2,1-2H3,(H2,30,31)(H,32,35)/b5-3+/t19?,22?,23-/m1/s1. The summed E-state index contributed by atoms with van der Waals surface area (Å²) in [6.45, 7) is 4.54. The molecule has 5 aliphatic rings. The molecule has 0 spiro atoms. The fourth-order valence-corrected chi connectivity index (χ4v) is 5.86. The van der Waals surface area contributed by atoms with Gasteiger partial charge in [-0.3, -0.25) is 14.5 Å². The Balaban J connectivity index is 1.44. The van der Waals surface area contributed by atoms with Gasteiger partial charge in [0.1, 0.15) is 17.1 Å². The first-order valence-corrected chi connectivity index (χ1v) is 13.0. The first-order valence-electron chi connectivity index (χ1n) is 13.0. The molecule has 0 radical (unpaired) electrons. The van der Waals surface area contributed by atoms with E-state index in [1.165, 1.54) is 0 Å². The van der Waals surface area contributed by atoms with Crippen LogP contribution in [0, 0.1) is 0 Å². The van der Waals surface area contributed by atoms with E-state index in [0.29, 0.717) is 37.2 Å². The molecule has 0 aliphatic carbocycles. The van der Waals surface area contributed by atoms with Gasteiger partial charge < -0.3 is 20.5 Å². The van der Waals surface area contributed by atoms with Gasteiger partial charge in [0, 0.05) is 36.0 Å². The lowest BCUT2D eigenvalue weighted by molar-refractivity contribution is -0.130. The average Bonchev–Trinajstić information content (AvgIpc) is 2.85. The van der Waals surface area contributed by atoms with Crippen LogP contribution in [-0.2, 0) is 4.79 Å². The molecule has 7 rings (SSSR count). The Bertz CT molecular complexity index is 1330. The quantitative estimate of drug-likeness (QED) is 0.562. The Kier molecular flexibility index (Phi) is 5.70. The molecule has 37 heavy (non-hydrogen) atoms. The van der Waals surface area contributed by atoms with Crippen LogP contribution in [0.5, 0.6) is 11.5 Å². The number of ether oxygens (including phenoxy) is 2. The maximum Gasteiger partial charge on any atom is 0.251 e. The first-order chi connectivity index (χ1) is 17.8. The SMILES string of the molecule is CC1(C)CC2NC(=O)c3ccc4c(c3)[C@@H](CCO4)N3C(=O)CC(CC/C=C/c4ccc(c2c4)O1)N=C3N. The van der Waals surface area contributed by atoms with Crippen LogP contribution < -0.4 is 20.5 Å². The first kappa shape index (κ1) is 23.6. The smallest absolute Gasteiger partial charge is 0.251 e. The van der Waals surface area contributed by atoms with Crippen LogP contribution in [0.4, 0.5) is 0 Å². The zero-order valence-electron chi connectivity index (χ0n) is 21.2. The lowest BCUT2D eigenvalue weighted by Gasteiger charge is -2.38. The maximum absolute atomic E-state index is 13.6. The highest BCUT2D eigenvalue weighted by Crippen LogP contribution is 2.41. The predicted octanol–water partition coefficient (Wildman–Crippen LogP) is 4.27. The average molecular weight is 501 g/mol. The predicted molar refractivity (Wildman–Crippen MR) is 140 cm³/mol. The van der Waals surface area contributed by atoms with E-state index in [0.717, 1.165) is 35.3 Å². The number of guanidine groups is 1. The monoisotopic (exact) mass is 500 g/mol. The number of nitrogens with zero attached hydrogens (tertiary/aromatic N) is 2. The second-order valence-electron chi connectivity index (χ2n) is 10.9. The van der Waals surface area contributed by atoms with Crippen LogP contribution in [0.15, 0.2) is 47.5 Å². The van der Waals surface area contributed by atoms with Crippen LogP contribution in [0.2, 0.25) is 0 Å². The number of amides is 2. The summed E-state index contributed by atoms with van der Waals surface area (Å²) in [5.74, 6) is 1.47. The summed E-state index contributed by atoms with van der Waals surface area (Å²) in [4.78, 5) is 33.1. The number of fused-ring (bicyclic) bond motifs is 4. The molecule has 5 aliphatic heterocycles. The van der Waals surface area contributed by atoms with E-state index in [2.05, 4.69) is 28.5 Å². The third-order valence-corrected chi connectivity index (χ3v) is 7.61. The van der Waals surface area contributed by atoms with E-state index in [4.69, 9.17) is 15.2 Å². The van der Waals surface area contributed by atoms with Gasteiger partial charge in [0.05, 0.1) is 24.7 Å². The molecule has 0 saturated carbocycles. The van der Waals surface area contributed by atoms with E-state index >= 15 is 0 Å². The summed E-state index contributed by atoms with van der Waals surface area (Å²) < 4.78 is 12.1. The molecule has 8 heteroatoms. The van der Waals surface area contributed by atoms with Crippen molar-refractivity contribution in [2.24, 2.45) is 10.7 Å². The van der Waals surface area contributed by atoms with E-state index in [9.17, 15) is 9.59 Å². The summed E-state index contributed by atoms with van der Waals surface area (Å²) >= 11 is 0. The van der Waals surface area contributed by atoms with Gasteiger partial charge in [-0.25, -0.2) is 4.99 Å². The molecule has 2 aromatic rings. The summed E-state index contributed by atoms with van der Waals surface area (Å²) in [5, 5.41) is 3.24. The van der Waals surface area contributed by atoms with Gasteiger partial charge in [-0.05, 0) is 62.6 Å². The van der Waals surface area contributed by atoms with Crippen LogP contribution in [0.3, 0.4) is 0 Å². The summed E-state index contributed by atoms with van der Waals surface area (Å²) in [6.07, 6.45) is 7.23.